The molecule has 10 heteroatoms. The fourth-order valence-corrected chi connectivity index (χ4v) is 4.92. The van der Waals surface area contributed by atoms with Crippen LogP contribution in [0.15, 0.2) is 119 Å². The Labute approximate surface area is 218 Å². The minimum absolute atomic E-state index is 0.00537. The van der Waals surface area contributed by atoms with Gasteiger partial charge in [-0.1, -0.05) is 24.3 Å². The van der Waals surface area contributed by atoms with Crippen LogP contribution in [0, 0.1) is 0 Å². The maximum Gasteiger partial charge on any atom is 0.347 e. The van der Waals surface area contributed by atoms with E-state index in [1.165, 1.54) is 48.5 Å². The maximum absolute atomic E-state index is 13.0. The number of benzene rings is 4. The Bertz CT molecular complexity index is 2450. The van der Waals surface area contributed by atoms with Crippen molar-refractivity contribution in [2.75, 3.05) is 0 Å². The Balaban J connectivity index is 1.81. The number of fused-ring (bicyclic) bond motifs is 2. The molecule has 6 heterocycles. The van der Waals surface area contributed by atoms with Gasteiger partial charge in [-0.25, -0.2) is 28.8 Å². The Hall–Kier alpha value is -5.90. The standard InChI is InChI=1S/C30H12O10/c31-25-15-5-7-16(8-6-15)26(32)38-20-12-10-18-24(30(36)40-28(18)34)22(20)14-2-1-13(3-4-14)21-19(37-25)11-9-17-23(21)29(35)39-27(17)33/h1-12H. The van der Waals surface area contributed by atoms with Crippen LogP contribution < -0.4 is 33.8 Å². The summed E-state index contributed by atoms with van der Waals surface area (Å²) in [4.78, 5) is 75.8. The van der Waals surface area contributed by atoms with Crippen LogP contribution in [0.4, 0.5) is 0 Å². The van der Waals surface area contributed by atoms with Gasteiger partial charge < -0.3 is 17.7 Å². The van der Waals surface area contributed by atoms with Gasteiger partial charge in [0.15, 0.2) is 0 Å². The van der Waals surface area contributed by atoms with E-state index in [0.717, 1.165) is 0 Å². The van der Waals surface area contributed by atoms with Crippen molar-refractivity contribution in [3.05, 3.63) is 135 Å². The highest BCUT2D eigenvalue weighted by Crippen LogP contribution is 2.28. The van der Waals surface area contributed by atoms with E-state index < -0.39 is 33.8 Å². The second-order valence-electron chi connectivity index (χ2n) is 9.01. The molecule has 0 spiro atoms. The molecule has 0 aliphatic heterocycles. The number of rotatable bonds is 0. The predicted octanol–water partition coefficient (Wildman–Crippen LogP) is 3.70. The van der Waals surface area contributed by atoms with Crippen molar-refractivity contribution in [2.24, 2.45) is 0 Å². The molecule has 0 saturated heterocycles. The zero-order valence-electron chi connectivity index (χ0n) is 20.0. The SMILES string of the molecule is O=c1oc2ccc3c(=O)oc(=O)c3c2c2ccc(cc2)c2c(ccc3c(=O)oc(=O)c32)oc(=O)c2ccc1cc2. The molecular weight excluding hydrogens is 520 g/mol. The van der Waals surface area contributed by atoms with Crippen LogP contribution in [0.5, 0.6) is 0 Å². The van der Waals surface area contributed by atoms with Crippen molar-refractivity contribution in [1.82, 2.24) is 0 Å². The lowest BCUT2D eigenvalue weighted by molar-refractivity contribution is 0.500. The third-order valence-electron chi connectivity index (χ3n) is 6.78. The van der Waals surface area contributed by atoms with Crippen LogP contribution in [0.1, 0.15) is 0 Å². The lowest BCUT2D eigenvalue weighted by Gasteiger charge is -2.01. The molecule has 10 nitrogen and oxygen atoms in total. The highest BCUT2D eigenvalue weighted by molar-refractivity contribution is 6.15. The summed E-state index contributed by atoms with van der Waals surface area (Å²) in [5.74, 6) is 0. The molecule has 192 valence electrons. The third kappa shape index (κ3) is 3.36. The lowest BCUT2D eigenvalue weighted by Crippen LogP contribution is -1.99. The van der Waals surface area contributed by atoms with Gasteiger partial charge in [0.05, 0.1) is 32.3 Å². The molecule has 10 rings (SSSR count). The first-order valence-corrected chi connectivity index (χ1v) is 11.8. The average molecular weight is 532 g/mol. The van der Waals surface area contributed by atoms with Crippen molar-refractivity contribution in [3.63, 3.8) is 0 Å². The van der Waals surface area contributed by atoms with Crippen molar-refractivity contribution >= 4 is 65.0 Å². The van der Waals surface area contributed by atoms with Gasteiger partial charge in [-0.05, 0) is 59.3 Å². The summed E-state index contributed by atoms with van der Waals surface area (Å²) in [7, 11) is 0. The fourth-order valence-electron chi connectivity index (χ4n) is 4.92. The molecule has 0 aliphatic rings. The van der Waals surface area contributed by atoms with E-state index in [1.54, 1.807) is 24.3 Å². The van der Waals surface area contributed by atoms with Gasteiger partial charge >= 0.3 is 33.8 Å². The molecule has 10 aromatic rings. The largest absolute Gasteiger partial charge is 0.422 e. The molecule has 0 N–H and O–H groups in total. The highest BCUT2D eigenvalue weighted by Gasteiger charge is 2.16. The van der Waals surface area contributed by atoms with Gasteiger partial charge in [0.1, 0.15) is 11.2 Å². The quantitative estimate of drug-likeness (QED) is 0.282. The summed E-state index contributed by atoms with van der Waals surface area (Å²) in [5.41, 5.74) is -5.01. The zero-order valence-corrected chi connectivity index (χ0v) is 20.0. The minimum atomic E-state index is -0.896. The first-order chi connectivity index (χ1) is 19.3. The average Bonchev–Trinajstić information content (AvgIpc) is 3.41. The summed E-state index contributed by atoms with van der Waals surface area (Å²) < 4.78 is 20.9. The van der Waals surface area contributed by atoms with Gasteiger partial charge in [-0.15, -0.1) is 0 Å². The van der Waals surface area contributed by atoms with E-state index in [2.05, 4.69) is 0 Å². The number of furan rings is 2. The van der Waals surface area contributed by atoms with E-state index in [0.29, 0.717) is 10.8 Å². The monoisotopic (exact) mass is 532 g/mol. The molecule has 6 aromatic heterocycles. The first-order valence-electron chi connectivity index (χ1n) is 11.8. The van der Waals surface area contributed by atoms with Gasteiger partial charge in [0.25, 0.3) is 0 Å². The van der Waals surface area contributed by atoms with Crippen LogP contribution in [0.25, 0.3) is 65.0 Å². The van der Waals surface area contributed by atoms with Crippen molar-refractivity contribution in [3.8, 4) is 0 Å². The van der Waals surface area contributed by atoms with Crippen molar-refractivity contribution < 1.29 is 17.7 Å². The predicted molar refractivity (Wildman–Crippen MR) is 147 cm³/mol. The summed E-state index contributed by atoms with van der Waals surface area (Å²) >= 11 is 0. The molecule has 0 aliphatic carbocycles. The lowest BCUT2D eigenvalue weighted by atomic mass is 10.0. The van der Waals surface area contributed by atoms with Crippen LogP contribution in [0.2, 0.25) is 0 Å². The highest BCUT2D eigenvalue weighted by atomic mass is 16.4. The molecule has 0 atom stereocenters. The normalized spacial score (nSPS) is 11.6. The fraction of sp³-hybridized carbons (Fsp3) is 0. The molecule has 0 fully saturated rings. The second kappa shape index (κ2) is 8.30. The molecule has 40 heavy (non-hydrogen) atoms. The van der Waals surface area contributed by atoms with Crippen molar-refractivity contribution in [1.29, 1.82) is 0 Å². The maximum atomic E-state index is 13.0. The van der Waals surface area contributed by atoms with Gasteiger partial charge in [0.2, 0.25) is 0 Å². The van der Waals surface area contributed by atoms with E-state index in [4.69, 9.17) is 17.7 Å². The van der Waals surface area contributed by atoms with Crippen LogP contribution in [-0.4, -0.2) is 0 Å². The Morgan fingerprint density at radius 1 is 0.300 bits per heavy atom. The number of hydrogen-bond donors (Lipinski definition) is 0. The summed E-state index contributed by atoms with van der Waals surface area (Å²) in [6, 6.07) is 17.1. The van der Waals surface area contributed by atoms with Crippen LogP contribution in [0.3, 0.4) is 0 Å². The van der Waals surface area contributed by atoms with Gasteiger partial charge in [-0.2, -0.15) is 0 Å². The van der Waals surface area contributed by atoms with Gasteiger partial charge in [0, 0.05) is 10.8 Å². The molecule has 0 saturated carbocycles. The smallest absolute Gasteiger partial charge is 0.347 e. The van der Waals surface area contributed by atoms with Gasteiger partial charge in [-0.3, -0.25) is 0 Å². The van der Waals surface area contributed by atoms with E-state index in [1.807, 2.05) is 0 Å². The summed E-state index contributed by atoms with van der Waals surface area (Å²) in [5, 5.41) is 1.15. The third-order valence-corrected chi connectivity index (χ3v) is 6.78. The topological polar surface area (TPSA) is 155 Å². The summed E-state index contributed by atoms with van der Waals surface area (Å²) in [6.07, 6.45) is 0. The second-order valence-corrected chi connectivity index (χ2v) is 9.01. The minimum Gasteiger partial charge on any atom is -0.422 e. The van der Waals surface area contributed by atoms with E-state index in [9.17, 15) is 28.8 Å². The molecule has 0 radical (unpaired) electrons. The molecule has 4 bridgehead atoms. The molecule has 0 unspecified atom stereocenters. The number of hydrogen-bond acceptors (Lipinski definition) is 10. The van der Waals surface area contributed by atoms with E-state index in [-0.39, 0.29) is 54.3 Å². The van der Waals surface area contributed by atoms with Crippen molar-refractivity contribution in [2.45, 2.75) is 0 Å². The summed E-state index contributed by atoms with van der Waals surface area (Å²) in [6.45, 7) is 0. The Morgan fingerprint density at radius 3 is 1.02 bits per heavy atom. The Kier molecular flexibility index (Phi) is 4.82. The molecular formula is C30H12O10. The van der Waals surface area contributed by atoms with E-state index >= 15 is 0 Å². The zero-order chi connectivity index (χ0) is 27.7. The molecule has 0 amide bonds. The van der Waals surface area contributed by atoms with Crippen LogP contribution in [-0.2, 0) is 0 Å². The molecule has 4 aromatic carbocycles. The van der Waals surface area contributed by atoms with Crippen LogP contribution >= 0.6 is 0 Å². The first kappa shape index (κ1) is 23.2. The Morgan fingerprint density at radius 2 is 0.650 bits per heavy atom.